The standard InChI is InChI=1S/C10H20/c1-8(2)9(3)7-10(4,5)6/h9H,1,7H2,2-6H3. The van der Waals surface area contributed by atoms with Crippen molar-refractivity contribution in [2.75, 3.05) is 0 Å². The molecule has 0 spiro atoms. The van der Waals surface area contributed by atoms with Crippen molar-refractivity contribution >= 4 is 0 Å². The van der Waals surface area contributed by atoms with E-state index >= 15 is 0 Å². The molecule has 0 aliphatic carbocycles. The van der Waals surface area contributed by atoms with Crippen LogP contribution < -0.4 is 0 Å². The normalized spacial score (nSPS) is 14.9. The van der Waals surface area contributed by atoms with E-state index < -0.39 is 0 Å². The Hall–Kier alpha value is -0.260. The van der Waals surface area contributed by atoms with E-state index in [4.69, 9.17) is 0 Å². The third-order valence-electron chi connectivity index (χ3n) is 1.76. The van der Waals surface area contributed by atoms with Crippen molar-refractivity contribution in [1.29, 1.82) is 0 Å². The lowest BCUT2D eigenvalue weighted by Gasteiger charge is -2.23. The predicted molar refractivity (Wildman–Crippen MR) is 48.1 cm³/mol. The molecule has 0 saturated carbocycles. The fraction of sp³-hybridized carbons (Fsp3) is 0.800. The molecule has 0 radical (unpaired) electrons. The van der Waals surface area contributed by atoms with Gasteiger partial charge in [-0.05, 0) is 24.7 Å². The van der Waals surface area contributed by atoms with E-state index in [1.54, 1.807) is 0 Å². The molecule has 1 atom stereocenters. The van der Waals surface area contributed by atoms with Gasteiger partial charge in [-0.2, -0.15) is 0 Å². The Bertz CT molecular complexity index is 114. The molecule has 0 aromatic carbocycles. The Kier molecular flexibility index (Phi) is 3.14. The maximum Gasteiger partial charge on any atom is -0.0232 e. The second-order valence-corrected chi connectivity index (χ2v) is 4.51. The maximum atomic E-state index is 3.94. The van der Waals surface area contributed by atoms with Crippen molar-refractivity contribution in [3.8, 4) is 0 Å². The van der Waals surface area contributed by atoms with Crippen LogP contribution >= 0.6 is 0 Å². The van der Waals surface area contributed by atoms with Crippen LogP contribution in [0.25, 0.3) is 0 Å². The van der Waals surface area contributed by atoms with Crippen LogP contribution in [0, 0.1) is 11.3 Å². The lowest BCUT2D eigenvalue weighted by atomic mass is 9.83. The van der Waals surface area contributed by atoms with Gasteiger partial charge in [0.05, 0.1) is 0 Å². The molecular formula is C10H20. The first-order valence-corrected chi connectivity index (χ1v) is 3.98. The lowest BCUT2D eigenvalue weighted by Crippen LogP contribution is -2.11. The van der Waals surface area contributed by atoms with Gasteiger partial charge < -0.3 is 0 Å². The minimum Gasteiger partial charge on any atom is -0.0999 e. The van der Waals surface area contributed by atoms with E-state index in [-0.39, 0.29) is 0 Å². The molecule has 0 nitrogen and oxygen atoms in total. The first-order valence-electron chi connectivity index (χ1n) is 3.98. The summed E-state index contributed by atoms with van der Waals surface area (Å²) in [6, 6.07) is 0. The van der Waals surface area contributed by atoms with E-state index in [0.29, 0.717) is 11.3 Å². The van der Waals surface area contributed by atoms with Gasteiger partial charge in [0.15, 0.2) is 0 Å². The molecule has 60 valence electrons. The molecule has 0 fully saturated rings. The Morgan fingerprint density at radius 1 is 1.40 bits per heavy atom. The van der Waals surface area contributed by atoms with Crippen LogP contribution in [0.4, 0.5) is 0 Å². The molecule has 0 rings (SSSR count). The minimum atomic E-state index is 0.443. The van der Waals surface area contributed by atoms with E-state index in [1.165, 1.54) is 12.0 Å². The van der Waals surface area contributed by atoms with Gasteiger partial charge in [-0.1, -0.05) is 39.8 Å². The van der Waals surface area contributed by atoms with Gasteiger partial charge in [0.2, 0.25) is 0 Å². The van der Waals surface area contributed by atoms with Crippen LogP contribution in [-0.4, -0.2) is 0 Å². The molecule has 1 unspecified atom stereocenters. The number of rotatable bonds is 2. The van der Waals surface area contributed by atoms with E-state index in [2.05, 4.69) is 41.2 Å². The summed E-state index contributed by atoms with van der Waals surface area (Å²) in [6.07, 6.45) is 1.24. The highest BCUT2D eigenvalue weighted by Gasteiger charge is 2.14. The smallest absolute Gasteiger partial charge is 0.0232 e. The highest BCUT2D eigenvalue weighted by atomic mass is 14.2. The van der Waals surface area contributed by atoms with Crippen LogP contribution in [0.2, 0.25) is 0 Å². The van der Waals surface area contributed by atoms with Gasteiger partial charge >= 0.3 is 0 Å². The topological polar surface area (TPSA) is 0 Å². The fourth-order valence-electron chi connectivity index (χ4n) is 1.09. The van der Waals surface area contributed by atoms with Crippen LogP contribution in [0.3, 0.4) is 0 Å². The first kappa shape index (κ1) is 9.74. The Morgan fingerprint density at radius 3 is 1.90 bits per heavy atom. The predicted octanol–water partition coefficient (Wildman–Crippen LogP) is 3.63. The van der Waals surface area contributed by atoms with Crippen LogP contribution in [0.15, 0.2) is 12.2 Å². The third-order valence-corrected chi connectivity index (χ3v) is 1.76. The summed E-state index contributed by atoms with van der Waals surface area (Å²) in [4.78, 5) is 0. The van der Waals surface area contributed by atoms with E-state index in [1.807, 2.05) is 0 Å². The summed E-state index contributed by atoms with van der Waals surface area (Å²) >= 11 is 0. The second-order valence-electron chi connectivity index (χ2n) is 4.51. The van der Waals surface area contributed by atoms with Crippen molar-refractivity contribution in [1.82, 2.24) is 0 Å². The summed E-state index contributed by atoms with van der Waals surface area (Å²) in [5.41, 5.74) is 1.74. The molecular weight excluding hydrogens is 120 g/mol. The Morgan fingerprint density at radius 2 is 1.80 bits per heavy atom. The van der Waals surface area contributed by atoms with Crippen LogP contribution in [0.5, 0.6) is 0 Å². The molecule has 0 aromatic heterocycles. The summed E-state index contributed by atoms with van der Waals surface area (Å²) < 4.78 is 0. The molecule has 0 saturated heterocycles. The van der Waals surface area contributed by atoms with Gasteiger partial charge in [-0.15, -0.1) is 0 Å². The van der Waals surface area contributed by atoms with Crippen LogP contribution in [0.1, 0.15) is 41.0 Å². The summed E-state index contributed by atoms with van der Waals surface area (Å²) in [5, 5.41) is 0. The molecule has 10 heavy (non-hydrogen) atoms. The lowest BCUT2D eigenvalue weighted by molar-refractivity contribution is 0.330. The quantitative estimate of drug-likeness (QED) is 0.514. The summed E-state index contributed by atoms with van der Waals surface area (Å²) in [6.45, 7) is 15.1. The second kappa shape index (κ2) is 3.23. The van der Waals surface area contributed by atoms with Crippen molar-refractivity contribution in [2.24, 2.45) is 11.3 Å². The molecule has 0 aromatic rings. The van der Waals surface area contributed by atoms with E-state index in [0.717, 1.165) is 0 Å². The minimum absolute atomic E-state index is 0.443. The third kappa shape index (κ3) is 4.60. The Balaban J connectivity index is 3.80. The van der Waals surface area contributed by atoms with Crippen molar-refractivity contribution in [3.05, 3.63) is 12.2 Å². The average Bonchev–Trinajstić information content (AvgIpc) is 1.60. The van der Waals surface area contributed by atoms with Gasteiger partial charge in [0, 0.05) is 0 Å². The molecule has 0 N–H and O–H groups in total. The van der Waals surface area contributed by atoms with Crippen molar-refractivity contribution < 1.29 is 0 Å². The highest BCUT2D eigenvalue weighted by Crippen LogP contribution is 2.27. The zero-order valence-corrected chi connectivity index (χ0v) is 7.99. The molecule has 0 aliphatic rings. The first-order chi connectivity index (χ1) is 4.33. The zero-order valence-electron chi connectivity index (χ0n) is 7.99. The molecule has 0 heteroatoms. The van der Waals surface area contributed by atoms with Gasteiger partial charge in [0.1, 0.15) is 0 Å². The van der Waals surface area contributed by atoms with Gasteiger partial charge in [-0.3, -0.25) is 0 Å². The summed E-state index contributed by atoms with van der Waals surface area (Å²) in [5.74, 6) is 0.667. The van der Waals surface area contributed by atoms with Gasteiger partial charge in [-0.25, -0.2) is 0 Å². The number of hydrogen-bond acceptors (Lipinski definition) is 0. The number of hydrogen-bond donors (Lipinski definition) is 0. The van der Waals surface area contributed by atoms with Crippen molar-refractivity contribution in [3.63, 3.8) is 0 Å². The fourth-order valence-corrected chi connectivity index (χ4v) is 1.09. The SMILES string of the molecule is C=C(C)C(C)CC(C)(C)C. The van der Waals surface area contributed by atoms with Crippen LogP contribution in [-0.2, 0) is 0 Å². The molecule has 0 heterocycles. The maximum absolute atomic E-state index is 3.94. The van der Waals surface area contributed by atoms with E-state index in [9.17, 15) is 0 Å². The highest BCUT2D eigenvalue weighted by molar-refractivity contribution is 4.95. The molecule has 0 amide bonds. The molecule has 0 bridgehead atoms. The Labute approximate surface area is 65.3 Å². The average molecular weight is 140 g/mol. The largest absolute Gasteiger partial charge is 0.0999 e. The van der Waals surface area contributed by atoms with Gasteiger partial charge in [0.25, 0.3) is 0 Å². The number of allylic oxidation sites excluding steroid dienone is 1. The zero-order chi connectivity index (χ0) is 8.36. The van der Waals surface area contributed by atoms with Crippen molar-refractivity contribution in [2.45, 2.75) is 41.0 Å². The molecule has 0 aliphatic heterocycles. The summed E-state index contributed by atoms with van der Waals surface area (Å²) in [7, 11) is 0. The monoisotopic (exact) mass is 140 g/mol.